The van der Waals surface area contributed by atoms with E-state index in [1.807, 2.05) is 6.20 Å². The van der Waals surface area contributed by atoms with Gasteiger partial charge in [-0.15, -0.1) is 0 Å². The summed E-state index contributed by atoms with van der Waals surface area (Å²) in [5.41, 5.74) is 0. The molecule has 2 rings (SSSR count). The lowest BCUT2D eigenvalue weighted by atomic mass is 10.0. The average molecular weight is 238 g/mol. The van der Waals surface area contributed by atoms with Gasteiger partial charge >= 0.3 is 0 Å². The van der Waals surface area contributed by atoms with E-state index >= 15 is 0 Å². The Hall–Kier alpha value is -0.870. The van der Waals surface area contributed by atoms with E-state index in [9.17, 15) is 0 Å². The fourth-order valence-corrected chi connectivity index (χ4v) is 2.15. The van der Waals surface area contributed by atoms with Gasteiger partial charge in [-0.3, -0.25) is 0 Å². The Labute approximate surface area is 103 Å². The summed E-state index contributed by atoms with van der Waals surface area (Å²) in [5.74, 6) is 2.77. The number of oxazole rings is 1. The fourth-order valence-electron chi connectivity index (χ4n) is 2.15. The van der Waals surface area contributed by atoms with E-state index < -0.39 is 0 Å². The second-order valence-electron chi connectivity index (χ2n) is 5.15. The summed E-state index contributed by atoms with van der Waals surface area (Å²) in [6.45, 7) is 8.99. The minimum atomic E-state index is 0.249. The molecule has 1 N–H and O–H groups in total. The zero-order valence-electron chi connectivity index (χ0n) is 10.9. The van der Waals surface area contributed by atoms with Crippen LogP contribution in [0.4, 0.5) is 0 Å². The number of hydrogen-bond donors (Lipinski definition) is 1. The third kappa shape index (κ3) is 3.30. The molecule has 96 valence electrons. The molecule has 1 fully saturated rings. The number of ether oxygens (including phenoxy) is 1. The van der Waals surface area contributed by atoms with Crippen molar-refractivity contribution in [2.45, 2.75) is 45.8 Å². The number of aromatic nitrogens is 1. The predicted molar refractivity (Wildman–Crippen MR) is 65.8 cm³/mol. The van der Waals surface area contributed by atoms with E-state index in [1.165, 1.54) is 0 Å². The van der Waals surface area contributed by atoms with E-state index in [0.717, 1.165) is 31.2 Å². The van der Waals surface area contributed by atoms with Gasteiger partial charge in [-0.05, 0) is 25.8 Å². The minimum Gasteiger partial charge on any atom is -0.444 e. The molecule has 1 saturated heterocycles. The molecule has 0 spiro atoms. The Kier molecular flexibility index (Phi) is 4.18. The van der Waals surface area contributed by atoms with Gasteiger partial charge in [-0.25, -0.2) is 4.98 Å². The largest absolute Gasteiger partial charge is 0.444 e. The molecule has 1 aromatic heterocycles. The van der Waals surface area contributed by atoms with Crippen LogP contribution in [0.1, 0.15) is 44.8 Å². The molecule has 4 nitrogen and oxygen atoms in total. The monoisotopic (exact) mass is 238 g/mol. The van der Waals surface area contributed by atoms with E-state index in [1.54, 1.807) is 0 Å². The maximum Gasteiger partial charge on any atom is 0.208 e. The average Bonchev–Trinajstić information content (AvgIpc) is 2.86. The molecule has 2 heterocycles. The van der Waals surface area contributed by atoms with Crippen molar-refractivity contribution >= 4 is 0 Å². The van der Waals surface area contributed by atoms with Gasteiger partial charge in [0.25, 0.3) is 0 Å². The highest BCUT2D eigenvalue weighted by Crippen LogP contribution is 2.31. The van der Waals surface area contributed by atoms with Gasteiger partial charge in [-0.2, -0.15) is 0 Å². The molecule has 0 saturated carbocycles. The van der Waals surface area contributed by atoms with Crippen LogP contribution in [0.15, 0.2) is 10.6 Å². The van der Waals surface area contributed by atoms with Gasteiger partial charge in [0.05, 0.1) is 18.8 Å². The lowest BCUT2D eigenvalue weighted by Gasteiger charge is -2.09. The van der Waals surface area contributed by atoms with Gasteiger partial charge in [0, 0.05) is 12.5 Å². The molecule has 4 heteroatoms. The van der Waals surface area contributed by atoms with Crippen LogP contribution >= 0.6 is 0 Å². The van der Waals surface area contributed by atoms with Crippen LogP contribution in [-0.2, 0) is 11.3 Å². The Morgan fingerprint density at radius 1 is 1.53 bits per heavy atom. The Balaban J connectivity index is 1.87. The zero-order chi connectivity index (χ0) is 12.3. The number of rotatable bonds is 5. The molecule has 1 aromatic rings. The molecule has 1 aliphatic heterocycles. The third-order valence-corrected chi connectivity index (χ3v) is 3.14. The molecule has 2 atom stereocenters. The highest BCUT2D eigenvalue weighted by molar-refractivity contribution is 5.06. The number of nitrogens with one attached hydrogen (secondary N) is 1. The SMILES string of the molecule is CC(C)CNCc1ncc(C2CCOC2C)o1. The zero-order valence-corrected chi connectivity index (χ0v) is 10.9. The molecule has 0 radical (unpaired) electrons. The number of nitrogens with zero attached hydrogens (tertiary/aromatic N) is 1. The van der Waals surface area contributed by atoms with Crippen LogP contribution in [0.3, 0.4) is 0 Å². The summed E-state index contributed by atoms with van der Waals surface area (Å²) >= 11 is 0. The van der Waals surface area contributed by atoms with Gasteiger partial charge in [0.15, 0.2) is 0 Å². The van der Waals surface area contributed by atoms with Crippen molar-refractivity contribution < 1.29 is 9.15 Å². The van der Waals surface area contributed by atoms with Crippen LogP contribution in [0.5, 0.6) is 0 Å². The third-order valence-electron chi connectivity index (χ3n) is 3.14. The summed E-state index contributed by atoms with van der Waals surface area (Å²) in [5, 5.41) is 3.33. The first-order chi connectivity index (χ1) is 8.16. The van der Waals surface area contributed by atoms with Gasteiger partial charge in [-0.1, -0.05) is 13.8 Å². The van der Waals surface area contributed by atoms with E-state index in [0.29, 0.717) is 18.4 Å². The standard InChI is InChI=1S/C13H22N2O2/c1-9(2)6-14-8-13-15-7-12(17-13)11-4-5-16-10(11)3/h7,9-11,14H,4-6,8H2,1-3H3. The van der Waals surface area contributed by atoms with E-state index in [4.69, 9.17) is 9.15 Å². The van der Waals surface area contributed by atoms with Crippen LogP contribution in [-0.4, -0.2) is 24.2 Å². The lowest BCUT2D eigenvalue weighted by molar-refractivity contribution is 0.115. The van der Waals surface area contributed by atoms with Crippen molar-refractivity contribution in [3.8, 4) is 0 Å². The summed E-state index contributed by atoms with van der Waals surface area (Å²) in [7, 11) is 0. The van der Waals surface area contributed by atoms with Crippen molar-refractivity contribution in [3.63, 3.8) is 0 Å². The second kappa shape index (κ2) is 5.65. The summed E-state index contributed by atoms with van der Waals surface area (Å²) in [6, 6.07) is 0. The predicted octanol–water partition coefficient (Wildman–Crippen LogP) is 2.31. The molecule has 0 aliphatic carbocycles. The first-order valence-electron chi connectivity index (χ1n) is 6.43. The molecule has 2 unspecified atom stereocenters. The van der Waals surface area contributed by atoms with Gasteiger partial charge < -0.3 is 14.5 Å². The van der Waals surface area contributed by atoms with Crippen molar-refractivity contribution in [3.05, 3.63) is 17.8 Å². The number of hydrogen-bond acceptors (Lipinski definition) is 4. The second-order valence-corrected chi connectivity index (χ2v) is 5.15. The van der Waals surface area contributed by atoms with Crippen LogP contribution in [0.2, 0.25) is 0 Å². The quantitative estimate of drug-likeness (QED) is 0.855. The highest BCUT2D eigenvalue weighted by Gasteiger charge is 2.28. The molecular formula is C13H22N2O2. The van der Waals surface area contributed by atoms with Gasteiger partial charge in [0.1, 0.15) is 5.76 Å². The molecule has 0 bridgehead atoms. The maximum absolute atomic E-state index is 5.77. The van der Waals surface area contributed by atoms with Gasteiger partial charge in [0.2, 0.25) is 5.89 Å². The Bertz CT molecular complexity index is 349. The normalized spacial score (nSPS) is 24.7. The lowest BCUT2D eigenvalue weighted by Crippen LogP contribution is -2.19. The maximum atomic E-state index is 5.77. The molecule has 0 amide bonds. The van der Waals surface area contributed by atoms with Crippen LogP contribution in [0, 0.1) is 5.92 Å². The highest BCUT2D eigenvalue weighted by atomic mass is 16.5. The minimum absolute atomic E-state index is 0.249. The summed E-state index contributed by atoms with van der Waals surface area (Å²) in [6.07, 6.45) is 3.14. The van der Waals surface area contributed by atoms with Crippen LogP contribution in [0.25, 0.3) is 0 Å². The van der Waals surface area contributed by atoms with Crippen molar-refractivity contribution in [2.24, 2.45) is 5.92 Å². The molecule has 17 heavy (non-hydrogen) atoms. The van der Waals surface area contributed by atoms with Crippen molar-refractivity contribution in [2.75, 3.05) is 13.2 Å². The van der Waals surface area contributed by atoms with E-state index in [2.05, 4.69) is 31.1 Å². The van der Waals surface area contributed by atoms with Crippen molar-refractivity contribution in [1.82, 2.24) is 10.3 Å². The molecular weight excluding hydrogens is 216 g/mol. The first-order valence-corrected chi connectivity index (χ1v) is 6.43. The van der Waals surface area contributed by atoms with Crippen molar-refractivity contribution in [1.29, 1.82) is 0 Å². The van der Waals surface area contributed by atoms with Crippen LogP contribution < -0.4 is 5.32 Å². The first kappa shape index (κ1) is 12.6. The van der Waals surface area contributed by atoms with E-state index in [-0.39, 0.29) is 6.10 Å². The Morgan fingerprint density at radius 2 is 2.35 bits per heavy atom. The topological polar surface area (TPSA) is 47.3 Å². The Morgan fingerprint density at radius 3 is 3.00 bits per heavy atom. The fraction of sp³-hybridized carbons (Fsp3) is 0.769. The summed E-state index contributed by atoms with van der Waals surface area (Å²) < 4.78 is 11.3. The summed E-state index contributed by atoms with van der Waals surface area (Å²) in [4.78, 5) is 4.31. The molecule has 1 aliphatic rings. The smallest absolute Gasteiger partial charge is 0.208 e. The molecule has 0 aromatic carbocycles.